The summed E-state index contributed by atoms with van der Waals surface area (Å²) in [6, 6.07) is 15.4. The molecule has 1 N–H and O–H groups in total. The molecule has 26 heavy (non-hydrogen) atoms. The number of rotatable bonds is 4. The Labute approximate surface area is 151 Å². The van der Waals surface area contributed by atoms with Crippen molar-refractivity contribution in [2.75, 3.05) is 7.11 Å². The second kappa shape index (κ2) is 6.55. The molecule has 2 aromatic carbocycles. The van der Waals surface area contributed by atoms with Gasteiger partial charge in [0.2, 0.25) is 0 Å². The molecule has 1 amide bonds. The topological polar surface area (TPSA) is 65.4 Å². The summed E-state index contributed by atoms with van der Waals surface area (Å²) < 4.78 is 12.9. The molecule has 0 radical (unpaired) electrons. The van der Waals surface area contributed by atoms with Gasteiger partial charge in [-0.3, -0.25) is 9.48 Å². The molecule has 3 aromatic rings. The maximum atomic E-state index is 12.7. The largest absolute Gasteiger partial charge is 0.496 e. The number of aryl methyl sites for hydroxylation is 1. The lowest BCUT2D eigenvalue weighted by molar-refractivity contribution is 0.0942. The summed E-state index contributed by atoms with van der Waals surface area (Å²) in [5.74, 6) is 1.33. The number of nitrogens with one attached hydrogen (secondary N) is 1. The minimum atomic E-state index is -0.226. The Balaban J connectivity index is 1.61. The van der Waals surface area contributed by atoms with Crippen LogP contribution in [0.4, 0.5) is 0 Å². The maximum Gasteiger partial charge on any atom is 0.272 e. The molecule has 1 aliphatic heterocycles. The number of hydrogen-bond acceptors (Lipinski definition) is 4. The third-order valence-corrected chi connectivity index (χ3v) is 4.51. The summed E-state index contributed by atoms with van der Waals surface area (Å²) in [7, 11) is 3.46. The van der Waals surface area contributed by atoms with Gasteiger partial charge in [0.1, 0.15) is 18.1 Å². The van der Waals surface area contributed by atoms with E-state index in [9.17, 15) is 4.79 Å². The summed E-state index contributed by atoms with van der Waals surface area (Å²) in [4.78, 5) is 12.7. The highest BCUT2D eigenvalue weighted by Crippen LogP contribution is 2.38. The van der Waals surface area contributed by atoms with E-state index < -0.39 is 0 Å². The highest BCUT2D eigenvalue weighted by Gasteiger charge is 2.28. The van der Waals surface area contributed by atoms with Gasteiger partial charge in [-0.25, -0.2) is 0 Å². The van der Waals surface area contributed by atoms with Crippen LogP contribution in [0.2, 0.25) is 0 Å². The van der Waals surface area contributed by atoms with Crippen molar-refractivity contribution in [3.63, 3.8) is 0 Å². The van der Waals surface area contributed by atoms with Crippen LogP contribution in [0.25, 0.3) is 11.3 Å². The van der Waals surface area contributed by atoms with E-state index in [1.165, 1.54) is 0 Å². The second-order valence-electron chi connectivity index (χ2n) is 6.08. The second-order valence-corrected chi connectivity index (χ2v) is 6.08. The molecule has 6 nitrogen and oxygen atoms in total. The average Bonchev–Trinajstić information content (AvgIpc) is 3.03. The highest BCUT2D eigenvalue weighted by atomic mass is 16.5. The normalized spacial score (nSPS) is 11.9. The SMILES string of the molecule is COc1ccccc1CNC(=O)c1nn(C)c2c1COc1ccccc1-2. The van der Waals surface area contributed by atoms with Crippen LogP contribution in [-0.2, 0) is 20.2 Å². The van der Waals surface area contributed by atoms with Gasteiger partial charge in [0.25, 0.3) is 5.91 Å². The number of aromatic nitrogens is 2. The number of carbonyl (C=O) groups is 1. The monoisotopic (exact) mass is 349 g/mol. The van der Waals surface area contributed by atoms with Crippen molar-refractivity contribution in [3.8, 4) is 22.8 Å². The number of methoxy groups -OCH3 is 1. The molecular weight excluding hydrogens is 330 g/mol. The van der Waals surface area contributed by atoms with Gasteiger partial charge in [0.15, 0.2) is 5.69 Å². The molecule has 0 unspecified atom stereocenters. The first-order chi connectivity index (χ1) is 12.7. The van der Waals surface area contributed by atoms with Gasteiger partial charge in [-0.2, -0.15) is 5.10 Å². The number of amides is 1. The summed E-state index contributed by atoms with van der Waals surface area (Å²) in [5.41, 5.74) is 3.99. The first-order valence-corrected chi connectivity index (χ1v) is 8.37. The van der Waals surface area contributed by atoms with Crippen molar-refractivity contribution in [3.05, 3.63) is 65.4 Å². The van der Waals surface area contributed by atoms with Gasteiger partial charge in [-0.1, -0.05) is 30.3 Å². The maximum absolute atomic E-state index is 12.7. The molecule has 0 saturated carbocycles. The van der Waals surface area contributed by atoms with Gasteiger partial charge in [-0.15, -0.1) is 0 Å². The third kappa shape index (κ3) is 2.69. The zero-order valence-electron chi connectivity index (χ0n) is 14.7. The first-order valence-electron chi connectivity index (χ1n) is 8.37. The predicted octanol–water partition coefficient (Wildman–Crippen LogP) is 2.92. The third-order valence-electron chi connectivity index (χ3n) is 4.51. The highest BCUT2D eigenvalue weighted by molar-refractivity contribution is 5.96. The Kier molecular flexibility index (Phi) is 4.08. The number of fused-ring (bicyclic) bond motifs is 3. The van der Waals surface area contributed by atoms with E-state index in [2.05, 4.69) is 10.4 Å². The smallest absolute Gasteiger partial charge is 0.272 e. The fourth-order valence-corrected chi connectivity index (χ4v) is 3.27. The molecule has 1 aliphatic rings. The Bertz CT molecular complexity index is 978. The Morgan fingerprint density at radius 3 is 2.85 bits per heavy atom. The number of ether oxygens (including phenoxy) is 2. The van der Waals surface area contributed by atoms with Crippen molar-refractivity contribution < 1.29 is 14.3 Å². The van der Waals surface area contributed by atoms with Crippen LogP contribution >= 0.6 is 0 Å². The van der Waals surface area contributed by atoms with Crippen LogP contribution in [0.5, 0.6) is 11.5 Å². The molecule has 0 bridgehead atoms. The zero-order valence-corrected chi connectivity index (χ0v) is 14.7. The molecule has 0 atom stereocenters. The van der Waals surface area contributed by atoms with Crippen LogP contribution in [0.15, 0.2) is 48.5 Å². The summed E-state index contributed by atoms with van der Waals surface area (Å²) >= 11 is 0. The van der Waals surface area contributed by atoms with E-state index in [0.29, 0.717) is 18.8 Å². The zero-order chi connectivity index (χ0) is 18.1. The number of benzene rings is 2. The van der Waals surface area contributed by atoms with Crippen LogP contribution in [-0.4, -0.2) is 22.8 Å². The molecule has 0 saturated heterocycles. The lowest BCUT2D eigenvalue weighted by Crippen LogP contribution is -2.25. The van der Waals surface area contributed by atoms with Crippen LogP contribution < -0.4 is 14.8 Å². The van der Waals surface area contributed by atoms with E-state index in [4.69, 9.17) is 9.47 Å². The fourth-order valence-electron chi connectivity index (χ4n) is 3.27. The molecule has 132 valence electrons. The molecular formula is C20H19N3O3. The molecule has 0 fully saturated rings. The predicted molar refractivity (Wildman–Crippen MR) is 97.1 cm³/mol. The number of hydrogen-bond donors (Lipinski definition) is 1. The van der Waals surface area contributed by atoms with E-state index in [1.807, 2.05) is 55.6 Å². The summed E-state index contributed by atoms with van der Waals surface area (Å²) in [5, 5.41) is 7.37. The van der Waals surface area contributed by atoms with Gasteiger partial charge in [0.05, 0.1) is 12.8 Å². The van der Waals surface area contributed by atoms with Crippen molar-refractivity contribution in [2.45, 2.75) is 13.2 Å². The van der Waals surface area contributed by atoms with E-state index in [1.54, 1.807) is 11.8 Å². The van der Waals surface area contributed by atoms with Crippen molar-refractivity contribution >= 4 is 5.91 Å². The standard InChI is InChI=1S/C20H19N3O3/c1-23-19-14-8-4-6-10-17(14)26-12-15(19)18(22-23)20(24)21-11-13-7-3-5-9-16(13)25-2/h3-10H,11-12H2,1-2H3,(H,21,24). The number of carbonyl (C=O) groups excluding carboxylic acids is 1. The van der Waals surface area contributed by atoms with Crippen molar-refractivity contribution in [1.82, 2.24) is 15.1 Å². The molecule has 0 spiro atoms. The minimum Gasteiger partial charge on any atom is -0.496 e. The first kappa shape index (κ1) is 16.2. The van der Waals surface area contributed by atoms with Crippen LogP contribution in [0.3, 0.4) is 0 Å². The Morgan fingerprint density at radius 2 is 2.00 bits per heavy atom. The van der Waals surface area contributed by atoms with Crippen LogP contribution in [0.1, 0.15) is 21.6 Å². The molecule has 0 aliphatic carbocycles. The minimum absolute atomic E-state index is 0.226. The van der Waals surface area contributed by atoms with Crippen molar-refractivity contribution in [1.29, 1.82) is 0 Å². The van der Waals surface area contributed by atoms with Gasteiger partial charge in [-0.05, 0) is 18.2 Å². The molecule has 1 aromatic heterocycles. The van der Waals surface area contributed by atoms with E-state index >= 15 is 0 Å². The lowest BCUT2D eigenvalue weighted by atomic mass is 10.0. The Morgan fingerprint density at radius 1 is 1.23 bits per heavy atom. The van der Waals surface area contributed by atoms with Gasteiger partial charge in [0, 0.05) is 30.3 Å². The fraction of sp³-hybridized carbons (Fsp3) is 0.200. The number of para-hydroxylation sites is 2. The van der Waals surface area contributed by atoms with Gasteiger partial charge >= 0.3 is 0 Å². The Hall–Kier alpha value is -3.28. The van der Waals surface area contributed by atoms with E-state index in [0.717, 1.165) is 33.9 Å². The summed E-state index contributed by atoms with van der Waals surface area (Å²) in [6.45, 7) is 0.698. The molecule has 2 heterocycles. The molecule has 4 rings (SSSR count). The average molecular weight is 349 g/mol. The lowest BCUT2D eigenvalue weighted by Gasteiger charge is -2.18. The molecule has 6 heteroatoms. The quantitative estimate of drug-likeness (QED) is 0.786. The van der Waals surface area contributed by atoms with Crippen molar-refractivity contribution in [2.24, 2.45) is 7.05 Å². The summed E-state index contributed by atoms with van der Waals surface area (Å²) in [6.07, 6.45) is 0. The number of nitrogens with zero attached hydrogens (tertiary/aromatic N) is 2. The van der Waals surface area contributed by atoms with E-state index in [-0.39, 0.29) is 5.91 Å². The van der Waals surface area contributed by atoms with Gasteiger partial charge < -0.3 is 14.8 Å². The van der Waals surface area contributed by atoms with Crippen LogP contribution in [0, 0.1) is 0 Å².